The summed E-state index contributed by atoms with van der Waals surface area (Å²) < 4.78 is 67.1. The molecule has 1 unspecified atom stereocenters. The number of aryl methyl sites for hydroxylation is 1. The van der Waals surface area contributed by atoms with Crippen molar-refractivity contribution in [3.8, 4) is 0 Å². The van der Waals surface area contributed by atoms with Crippen molar-refractivity contribution in [2.45, 2.75) is 95.1 Å². The highest BCUT2D eigenvalue weighted by molar-refractivity contribution is 7.90. The van der Waals surface area contributed by atoms with Gasteiger partial charge in [-0.15, -0.1) is 0 Å². The van der Waals surface area contributed by atoms with E-state index in [-0.39, 0.29) is 24.1 Å². The van der Waals surface area contributed by atoms with Gasteiger partial charge >= 0.3 is 15.5 Å². The molecule has 2 fully saturated rings. The van der Waals surface area contributed by atoms with Gasteiger partial charge in [-0.25, -0.2) is 9.71 Å². The summed E-state index contributed by atoms with van der Waals surface area (Å²) in [6.07, 6.45) is 12.4. The second kappa shape index (κ2) is 14.9. The van der Waals surface area contributed by atoms with Crippen LogP contribution in [-0.2, 0) is 27.8 Å². The van der Waals surface area contributed by atoms with Crippen LogP contribution < -0.4 is 10.0 Å². The van der Waals surface area contributed by atoms with Gasteiger partial charge in [0.05, 0.1) is 6.04 Å². The molecule has 1 saturated heterocycles. The molecule has 14 heteroatoms. The minimum absolute atomic E-state index is 0.00813. The molecule has 1 aliphatic heterocycles. The number of nitrogens with zero attached hydrogens (tertiary/aromatic N) is 2. The van der Waals surface area contributed by atoms with Gasteiger partial charge in [0.2, 0.25) is 11.8 Å². The summed E-state index contributed by atoms with van der Waals surface area (Å²) in [5, 5.41) is 3.37. The average Bonchev–Trinajstić information content (AvgIpc) is 3.62. The highest BCUT2D eigenvalue weighted by atomic mass is 35.5. The monoisotopic (exact) mass is 646 g/mol. The zero-order chi connectivity index (χ0) is 31.0. The number of aromatic nitrogens is 1. The highest BCUT2D eigenvalue weighted by Crippen LogP contribution is 2.34. The molecule has 1 aromatic heterocycles. The van der Waals surface area contributed by atoms with E-state index < -0.39 is 27.9 Å². The number of hydrogen-bond acceptors (Lipinski definition) is 7. The molecule has 2 amide bonds. The van der Waals surface area contributed by atoms with Gasteiger partial charge in [-0.3, -0.25) is 14.5 Å². The van der Waals surface area contributed by atoms with Gasteiger partial charge in [0.15, 0.2) is 5.69 Å². The largest absolute Gasteiger partial charge is 0.516 e. The van der Waals surface area contributed by atoms with Crippen LogP contribution in [0.3, 0.4) is 0 Å². The number of benzene rings is 1. The number of rotatable bonds is 13. The van der Waals surface area contributed by atoms with E-state index in [2.05, 4.69) is 15.2 Å². The Morgan fingerprint density at radius 3 is 2.58 bits per heavy atom. The Kier molecular flexibility index (Phi) is 11.5. The Bertz CT molecular complexity index is 1360. The Morgan fingerprint density at radius 2 is 1.84 bits per heavy atom. The van der Waals surface area contributed by atoms with Crippen molar-refractivity contribution in [2.24, 2.45) is 5.92 Å². The van der Waals surface area contributed by atoms with Crippen molar-refractivity contribution >= 4 is 33.4 Å². The van der Waals surface area contributed by atoms with Crippen molar-refractivity contribution in [3.63, 3.8) is 0 Å². The van der Waals surface area contributed by atoms with Gasteiger partial charge < -0.3 is 9.73 Å². The maximum atomic E-state index is 12.7. The maximum Gasteiger partial charge on any atom is 0.516 e. The van der Waals surface area contributed by atoms with Crippen LogP contribution in [0.25, 0.3) is 0 Å². The van der Waals surface area contributed by atoms with Crippen molar-refractivity contribution in [1.82, 2.24) is 19.9 Å². The van der Waals surface area contributed by atoms with E-state index in [1.807, 2.05) is 0 Å². The van der Waals surface area contributed by atoms with Crippen molar-refractivity contribution in [2.75, 3.05) is 13.1 Å². The summed E-state index contributed by atoms with van der Waals surface area (Å²) in [4.78, 5) is 31.2. The summed E-state index contributed by atoms with van der Waals surface area (Å²) in [6, 6.07) is 4.77. The van der Waals surface area contributed by atoms with E-state index in [9.17, 15) is 31.2 Å². The van der Waals surface area contributed by atoms with Crippen LogP contribution in [0.2, 0.25) is 5.02 Å². The quantitative estimate of drug-likeness (QED) is 0.254. The molecule has 2 aliphatic rings. The third kappa shape index (κ3) is 9.42. The fourth-order valence-electron chi connectivity index (χ4n) is 5.88. The molecule has 1 atom stereocenters. The number of oxazole rings is 1. The number of likely N-dealkylation sites (tertiary alicyclic amines) is 1. The summed E-state index contributed by atoms with van der Waals surface area (Å²) in [5.41, 5.74) is -3.97. The van der Waals surface area contributed by atoms with Crippen LogP contribution in [0.15, 0.2) is 28.9 Å². The van der Waals surface area contributed by atoms with Crippen LogP contribution in [0.5, 0.6) is 0 Å². The van der Waals surface area contributed by atoms with E-state index in [1.165, 1.54) is 44.8 Å². The number of alkyl halides is 3. The van der Waals surface area contributed by atoms with Gasteiger partial charge in [-0.1, -0.05) is 62.6 Å². The first-order valence-corrected chi connectivity index (χ1v) is 16.7. The topological polar surface area (TPSA) is 122 Å². The van der Waals surface area contributed by atoms with Gasteiger partial charge in [-0.2, -0.15) is 21.6 Å². The van der Waals surface area contributed by atoms with E-state index in [1.54, 1.807) is 18.2 Å². The molecule has 4 rings (SSSR count). The first-order valence-electron chi connectivity index (χ1n) is 14.8. The molecule has 1 aliphatic carbocycles. The number of hydrogen-bond donors (Lipinski definition) is 2. The second-order valence-corrected chi connectivity index (χ2v) is 13.5. The zero-order valence-corrected chi connectivity index (χ0v) is 25.5. The molecular formula is C29H38ClF3N4O5S. The summed E-state index contributed by atoms with van der Waals surface area (Å²) in [7, 11) is -5.77. The summed E-state index contributed by atoms with van der Waals surface area (Å²) in [5.74, 6) is -0.297. The molecule has 1 saturated carbocycles. The molecule has 43 heavy (non-hydrogen) atoms. The lowest BCUT2D eigenvalue weighted by molar-refractivity contribution is -0.120. The standard InChI is InChI=1S/C29H38ClF3N4O5S/c30-23-13-11-21(12-14-26(38)36-43(40,41)29(31,32)33)22(17-23)18-37-16-6-10-25(37)28-35-24(19-42-28)27(39)34-15-5-4-9-20-7-2-1-3-8-20/h11,13,17,19-20,25H,1-10,12,14-16,18H2,(H,34,39)(H,36,38). The first kappa shape index (κ1) is 33.3. The van der Waals surface area contributed by atoms with Crippen LogP contribution >= 0.6 is 11.6 Å². The first-order chi connectivity index (χ1) is 20.4. The van der Waals surface area contributed by atoms with E-state index in [0.29, 0.717) is 36.1 Å². The SMILES string of the molecule is O=C(CCc1ccc(Cl)cc1CN1CCCC1c1nc(C(=O)NCCCCC2CCCCC2)co1)NS(=O)(=O)C(F)(F)F. The number of halogens is 4. The molecule has 0 bridgehead atoms. The Labute approximate surface area is 255 Å². The number of carbonyl (C=O) groups is 2. The Balaban J connectivity index is 1.30. The summed E-state index contributed by atoms with van der Waals surface area (Å²) >= 11 is 6.22. The second-order valence-electron chi connectivity index (χ2n) is 11.3. The van der Waals surface area contributed by atoms with Gasteiger partial charge in [0.1, 0.15) is 6.26 Å². The van der Waals surface area contributed by atoms with Crippen molar-refractivity contribution < 1.29 is 35.6 Å². The smallest absolute Gasteiger partial charge is 0.446 e. The normalized spacial score (nSPS) is 18.6. The van der Waals surface area contributed by atoms with E-state index in [4.69, 9.17) is 16.0 Å². The maximum absolute atomic E-state index is 12.7. The van der Waals surface area contributed by atoms with Gasteiger partial charge in [0.25, 0.3) is 5.91 Å². The van der Waals surface area contributed by atoms with Crippen LogP contribution in [0.1, 0.15) is 104 Å². The molecule has 9 nitrogen and oxygen atoms in total. The van der Waals surface area contributed by atoms with Crippen LogP contribution in [0.4, 0.5) is 13.2 Å². The van der Waals surface area contributed by atoms with Crippen LogP contribution in [0, 0.1) is 5.92 Å². The molecule has 1 aromatic carbocycles. The molecule has 2 heterocycles. The van der Waals surface area contributed by atoms with E-state index in [0.717, 1.165) is 41.9 Å². The number of amides is 2. The lowest BCUT2D eigenvalue weighted by Crippen LogP contribution is -2.40. The predicted octanol–water partition coefficient (Wildman–Crippen LogP) is 6.04. The van der Waals surface area contributed by atoms with Gasteiger partial charge in [0, 0.05) is 24.5 Å². The number of sulfonamides is 1. The summed E-state index contributed by atoms with van der Waals surface area (Å²) in [6.45, 7) is 1.67. The Morgan fingerprint density at radius 1 is 1.07 bits per heavy atom. The third-order valence-corrected chi connectivity index (χ3v) is 9.51. The number of carbonyl (C=O) groups excluding carboxylic acids is 2. The minimum Gasteiger partial charge on any atom is -0.446 e. The number of unbranched alkanes of at least 4 members (excludes halogenated alkanes) is 1. The minimum atomic E-state index is -5.77. The molecule has 238 valence electrons. The van der Waals surface area contributed by atoms with Crippen LogP contribution in [-0.4, -0.2) is 48.7 Å². The number of nitrogens with one attached hydrogen (secondary N) is 2. The molecular weight excluding hydrogens is 609 g/mol. The average molecular weight is 647 g/mol. The zero-order valence-electron chi connectivity index (χ0n) is 23.9. The lowest BCUT2D eigenvalue weighted by atomic mass is 9.86. The van der Waals surface area contributed by atoms with E-state index >= 15 is 0 Å². The van der Waals surface area contributed by atoms with Crippen molar-refractivity contribution in [1.29, 1.82) is 0 Å². The fraction of sp³-hybridized carbons (Fsp3) is 0.621. The third-order valence-electron chi connectivity index (χ3n) is 8.17. The molecule has 0 spiro atoms. The van der Waals surface area contributed by atoms with Gasteiger partial charge in [-0.05, 0) is 61.4 Å². The molecule has 0 radical (unpaired) electrons. The molecule has 2 N–H and O–H groups in total. The predicted molar refractivity (Wildman–Crippen MR) is 155 cm³/mol. The fourth-order valence-corrected chi connectivity index (χ4v) is 6.59. The Hall–Kier alpha value is -2.64. The highest BCUT2D eigenvalue weighted by Gasteiger charge is 2.46. The van der Waals surface area contributed by atoms with Crippen molar-refractivity contribution in [3.05, 3.63) is 52.2 Å². The molecule has 2 aromatic rings. The lowest BCUT2D eigenvalue weighted by Gasteiger charge is -2.23.